The van der Waals surface area contributed by atoms with Gasteiger partial charge < -0.3 is 5.73 Å². The van der Waals surface area contributed by atoms with Crippen LogP contribution in [0, 0.1) is 6.92 Å². The Bertz CT molecular complexity index is 779. The highest BCUT2D eigenvalue weighted by Gasteiger charge is 2.16. The molecule has 2 aromatic rings. The van der Waals surface area contributed by atoms with E-state index in [2.05, 4.69) is 20.7 Å². The Balaban J connectivity index is 2.38. The molecule has 0 unspecified atom stereocenters. The zero-order chi connectivity index (χ0) is 15.6. The summed E-state index contributed by atoms with van der Waals surface area (Å²) < 4.78 is 28.3. The molecule has 112 valence electrons. The van der Waals surface area contributed by atoms with Gasteiger partial charge in [0.2, 0.25) is 0 Å². The van der Waals surface area contributed by atoms with Crippen LogP contribution in [0.1, 0.15) is 11.1 Å². The number of hydrogen-bond donors (Lipinski definition) is 2. The number of sulfonamides is 1. The molecule has 0 fully saturated rings. The van der Waals surface area contributed by atoms with E-state index < -0.39 is 10.0 Å². The molecular weight excluding hydrogens is 376 g/mol. The Morgan fingerprint density at radius 1 is 1.24 bits per heavy atom. The van der Waals surface area contributed by atoms with Crippen LogP contribution in [0.25, 0.3) is 0 Å². The van der Waals surface area contributed by atoms with Crippen molar-refractivity contribution in [2.75, 3.05) is 4.72 Å². The molecule has 0 atom stereocenters. The van der Waals surface area contributed by atoms with Crippen LogP contribution in [-0.2, 0) is 16.6 Å². The fraction of sp³-hybridized carbons (Fsp3) is 0.143. The number of nitrogens with one attached hydrogen (secondary N) is 1. The first kappa shape index (κ1) is 16.3. The van der Waals surface area contributed by atoms with Crippen LogP contribution >= 0.6 is 27.5 Å². The summed E-state index contributed by atoms with van der Waals surface area (Å²) in [4.78, 5) is 0.134. The summed E-state index contributed by atoms with van der Waals surface area (Å²) in [5.74, 6) is 0. The average Bonchev–Trinajstić information content (AvgIpc) is 2.42. The molecule has 0 heterocycles. The van der Waals surface area contributed by atoms with Crippen molar-refractivity contribution >= 4 is 43.2 Å². The van der Waals surface area contributed by atoms with Crippen molar-refractivity contribution in [2.45, 2.75) is 18.4 Å². The molecule has 2 rings (SSSR count). The van der Waals surface area contributed by atoms with Gasteiger partial charge in [-0.3, -0.25) is 4.72 Å². The molecule has 0 aliphatic carbocycles. The van der Waals surface area contributed by atoms with Gasteiger partial charge in [0.05, 0.1) is 10.6 Å². The van der Waals surface area contributed by atoms with Crippen LogP contribution in [-0.4, -0.2) is 8.42 Å². The van der Waals surface area contributed by atoms with Gasteiger partial charge in [-0.15, -0.1) is 0 Å². The van der Waals surface area contributed by atoms with E-state index >= 15 is 0 Å². The Hall–Kier alpha value is -1.08. The number of rotatable bonds is 4. The van der Waals surface area contributed by atoms with Crippen molar-refractivity contribution in [2.24, 2.45) is 5.73 Å². The van der Waals surface area contributed by atoms with Crippen LogP contribution in [0.4, 0.5) is 5.69 Å². The summed E-state index contributed by atoms with van der Waals surface area (Å²) in [7, 11) is -3.68. The van der Waals surface area contributed by atoms with Gasteiger partial charge in [0, 0.05) is 16.0 Å². The molecule has 2 aromatic carbocycles. The van der Waals surface area contributed by atoms with E-state index in [0.29, 0.717) is 16.3 Å². The lowest BCUT2D eigenvalue weighted by atomic mass is 10.2. The fourth-order valence-corrected chi connectivity index (χ4v) is 3.67. The highest BCUT2D eigenvalue weighted by Crippen LogP contribution is 2.25. The lowest BCUT2D eigenvalue weighted by molar-refractivity contribution is 0.601. The first-order valence-corrected chi connectivity index (χ1v) is 8.76. The molecule has 0 aliphatic rings. The molecule has 4 nitrogen and oxygen atoms in total. The zero-order valence-corrected chi connectivity index (χ0v) is 14.4. The molecule has 0 amide bonds. The Morgan fingerprint density at radius 3 is 2.57 bits per heavy atom. The summed E-state index contributed by atoms with van der Waals surface area (Å²) in [5.41, 5.74) is 7.49. The van der Waals surface area contributed by atoms with Gasteiger partial charge in [0.25, 0.3) is 10.0 Å². The Kier molecular flexibility index (Phi) is 4.93. The molecule has 0 aromatic heterocycles. The predicted octanol–water partition coefficient (Wildman–Crippen LogP) is 3.67. The third kappa shape index (κ3) is 3.77. The summed E-state index contributed by atoms with van der Waals surface area (Å²) in [6.07, 6.45) is 0. The van der Waals surface area contributed by atoms with Crippen LogP contribution in [0.2, 0.25) is 5.02 Å². The van der Waals surface area contributed by atoms with E-state index in [1.165, 1.54) is 18.2 Å². The fourth-order valence-electron chi connectivity index (χ4n) is 1.82. The van der Waals surface area contributed by atoms with E-state index in [9.17, 15) is 8.42 Å². The quantitative estimate of drug-likeness (QED) is 0.838. The van der Waals surface area contributed by atoms with Crippen LogP contribution in [0.3, 0.4) is 0 Å². The van der Waals surface area contributed by atoms with Gasteiger partial charge in [-0.25, -0.2) is 8.42 Å². The molecule has 3 N–H and O–H groups in total. The lowest BCUT2D eigenvalue weighted by Crippen LogP contribution is -2.14. The SMILES string of the molecule is Cc1cc(Br)ccc1NS(=O)(=O)c1ccc(Cl)c(CN)c1. The lowest BCUT2D eigenvalue weighted by Gasteiger charge is -2.12. The van der Waals surface area contributed by atoms with E-state index in [0.717, 1.165) is 10.0 Å². The maximum absolute atomic E-state index is 12.4. The number of hydrogen-bond acceptors (Lipinski definition) is 3. The van der Waals surface area contributed by atoms with E-state index in [1.807, 2.05) is 13.0 Å². The molecule has 0 saturated heterocycles. The smallest absolute Gasteiger partial charge is 0.261 e. The van der Waals surface area contributed by atoms with E-state index in [1.54, 1.807) is 12.1 Å². The van der Waals surface area contributed by atoms with Gasteiger partial charge in [-0.2, -0.15) is 0 Å². The minimum atomic E-state index is -3.68. The third-order valence-corrected chi connectivity index (χ3v) is 5.21. The summed E-state index contributed by atoms with van der Waals surface area (Å²) in [5, 5.41) is 0.455. The minimum absolute atomic E-state index is 0.134. The van der Waals surface area contributed by atoms with Crippen molar-refractivity contribution in [3.8, 4) is 0 Å². The second-order valence-electron chi connectivity index (χ2n) is 4.52. The van der Waals surface area contributed by atoms with Crippen molar-refractivity contribution in [1.29, 1.82) is 0 Å². The van der Waals surface area contributed by atoms with Gasteiger partial charge >= 0.3 is 0 Å². The van der Waals surface area contributed by atoms with Crippen molar-refractivity contribution in [3.63, 3.8) is 0 Å². The van der Waals surface area contributed by atoms with Crippen molar-refractivity contribution < 1.29 is 8.42 Å². The summed E-state index contributed by atoms with van der Waals surface area (Å²) in [6, 6.07) is 9.80. The van der Waals surface area contributed by atoms with Crippen molar-refractivity contribution in [1.82, 2.24) is 0 Å². The number of nitrogens with two attached hydrogens (primary N) is 1. The van der Waals surface area contributed by atoms with Gasteiger partial charge in [0.1, 0.15) is 0 Å². The molecule has 21 heavy (non-hydrogen) atoms. The second-order valence-corrected chi connectivity index (χ2v) is 7.53. The van der Waals surface area contributed by atoms with Crippen LogP contribution < -0.4 is 10.5 Å². The third-order valence-electron chi connectivity index (χ3n) is 2.98. The maximum Gasteiger partial charge on any atom is 0.261 e. The Labute approximate surface area is 137 Å². The molecule has 0 spiro atoms. The Morgan fingerprint density at radius 2 is 1.95 bits per heavy atom. The minimum Gasteiger partial charge on any atom is -0.326 e. The standard InChI is InChI=1S/C14H14BrClN2O2S/c1-9-6-11(15)2-5-14(9)18-21(19,20)12-3-4-13(16)10(7-12)8-17/h2-7,18H,8,17H2,1H3. The van der Waals surface area contributed by atoms with E-state index in [-0.39, 0.29) is 11.4 Å². The second kappa shape index (κ2) is 6.36. The first-order valence-electron chi connectivity index (χ1n) is 6.11. The topological polar surface area (TPSA) is 72.2 Å². The summed E-state index contributed by atoms with van der Waals surface area (Å²) >= 11 is 9.29. The highest BCUT2D eigenvalue weighted by atomic mass is 79.9. The monoisotopic (exact) mass is 388 g/mol. The van der Waals surface area contributed by atoms with Gasteiger partial charge in [-0.05, 0) is 54.4 Å². The molecule has 0 aliphatic heterocycles. The predicted molar refractivity (Wildman–Crippen MR) is 89.0 cm³/mol. The van der Waals surface area contributed by atoms with Gasteiger partial charge in [-0.1, -0.05) is 27.5 Å². The first-order chi connectivity index (χ1) is 9.83. The number of halogens is 2. The molecule has 7 heteroatoms. The zero-order valence-electron chi connectivity index (χ0n) is 11.2. The highest BCUT2D eigenvalue weighted by molar-refractivity contribution is 9.10. The number of anilines is 1. The van der Waals surface area contributed by atoms with Gasteiger partial charge in [0.15, 0.2) is 0 Å². The largest absolute Gasteiger partial charge is 0.326 e. The average molecular weight is 390 g/mol. The molecular formula is C14H14BrClN2O2S. The van der Waals surface area contributed by atoms with Crippen molar-refractivity contribution in [3.05, 3.63) is 57.0 Å². The normalized spacial score (nSPS) is 11.4. The maximum atomic E-state index is 12.4. The van der Waals surface area contributed by atoms with E-state index in [4.69, 9.17) is 17.3 Å². The number of benzene rings is 2. The summed E-state index contributed by atoms with van der Waals surface area (Å²) in [6.45, 7) is 2.01. The molecule has 0 bridgehead atoms. The molecule has 0 saturated carbocycles. The molecule has 0 radical (unpaired) electrons. The number of aryl methyl sites for hydroxylation is 1. The van der Waals surface area contributed by atoms with Crippen LogP contribution in [0.5, 0.6) is 0 Å². The van der Waals surface area contributed by atoms with Crippen LogP contribution in [0.15, 0.2) is 45.8 Å².